The van der Waals surface area contributed by atoms with Gasteiger partial charge in [-0.3, -0.25) is 4.90 Å². The van der Waals surface area contributed by atoms with Crippen LogP contribution in [-0.2, 0) is 11.3 Å². The average molecular weight is 281 g/mol. The molecule has 0 amide bonds. The molecule has 0 N–H and O–H groups in total. The van der Waals surface area contributed by atoms with Crippen LogP contribution in [0.2, 0.25) is 0 Å². The Kier molecular flexibility index (Phi) is 5.80. The Balaban J connectivity index is 1.92. The molecule has 1 atom stereocenters. The van der Waals surface area contributed by atoms with Crippen molar-refractivity contribution >= 4 is 0 Å². The molecule has 0 spiro atoms. The van der Waals surface area contributed by atoms with Crippen molar-refractivity contribution in [2.75, 3.05) is 26.8 Å². The highest BCUT2D eigenvalue weighted by atomic mass is 19.1. The lowest BCUT2D eigenvalue weighted by Gasteiger charge is -2.32. The van der Waals surface area contributed by atoms with Gasteiger partial charge in [0, 0.05) is 19.7 Å². The van der Waals surface area contributed by atoms with Gasteiger partial charge in [0.25, 0.3) is 0 Å². The minimum Gasteiger partial charge on any atom is -0.494 e. The molecule has 0 saturated carbocycles. The molecule has 4 heteroatoms. The number of nitrogens with zero attached hydrogens (tertiary/aromatic N) is 1. The van der Waals surface area contributed by atoms with Crippen molar-refractivity contribution in [2.45, 2.75) is 38.8 Å². The summed E-state index contributed by atoms with van der Waals surface area (Å²) in [7, 11) is 1.50. The van der Waals surface area contributed by atoms with E-state index in [2.05, 4.69) is 11.8 Å². The fraction of sp³-hybridized carbons (Fsp3) is 0.625. The minimum absolute atomic E-state index is 0.306. The summed E-state index contributed by atoms with van der Waals surface area (Å²) < 4.78 is 24.3. The monoisotopic (exact) mass is 281 g/mol. The summed E-state index contributed by atoms with van der Waals surface area (Å²) in [6.45, 7) is 5.82. The molecular formula is C16H24FNO2. The van der Waals surface area contributed by atoms with Crippen molar-refractivity contribution in [1.82, 2.24) is 4.90 Å². The van der Waals surface area contributed by atoms with Crippen molar-refractivity contribution in [1.29, 1.82) is 0 Å². The highest BCUT2D eigenvalue weighted by molar-refractivity contribution is 5.30. The van der Waals surface area contributed by atoms with Crippen molar-refractivity contribution in [3.63, 3.8) is 0 Å². The first kappa shape index (κ1) is 15.3. The molecule has 3 nitrogen and oxygen atoms in total. The van der Waals surface area contributed by atoms with E-state index in [1.807, 2.05) is 6.07 Å². The number of benzene rings is 1. The Morgan fingerprint density at radius 2 is 2.25 bits per heavy atom. The van der Waals surface area contributed by atoms with E-state index < -0.39 is 0 Å². The Morgan fingerprint density at radius 1 is 1.40 bits per heavy atom. The largest absolute Gasteiger partial charge is 0.494 e. The highest BCUT2D eigenvalue weighted by Gasteiger charge is 2.20. The second kappa shape index (κ2) is 7.60. The van der Waals surface area contributed by atoms with Crippen LogP contribution in [0.5, 0.6) is 5.75 Å². The molecule has 2 rings (SSSR count). The molecule has 1 unspecified atom stereocenters. The normalized spacial score (nSPS) is 20.1. The molecule has 1 aromatic rings. The fourth-order valence-electron chi connectivity index (χ4n) is 2.64. The van der Waals surface area contributed by atoms with Gasteiger partial charge < -0.3 is 9.47 Å². The number of halogens is 1. The molecule has 1 aliphatic rings. The molecule has 0 bridgehead atoms. The molecule has 1 saturated heterocycles. The van der Waals surface area contributed by atoms with E-state index in [9.17, 15) is 4.39 Å². The highest BCUT2D eigenvalue weighted by Crippen LogP contribution is 2.21. The lowest BCUT2D eigenvalue weighted by Crippen LogP contribution is -2.39. The smallest absolute Gasteiger partial charge is 0.165 e. The maximum absolute atomic E-state index is 13.4. The van der Waals surface area contributed by atoms with Crippen molar-refractivity contribution < 1.29 is 13.9 Å². The Labute approximate surface area is 120 Å². The Bertz CT molecular complexity index is 425. The van der Waals surface area contributed by atoms with Crippen molar-refractivity contribution in [3.05, 3.63) is 29.6 Å². The Morgan fingerprint density at radius 3 is 3.00 bits per heavy atom. The van der Waals surface area contributed by atoms with Gasteiger partial charge in [0.05, 0.1) is 13.2 Å². The second-order valence-corrected chi connectivity index (χ2v) is 5.34. The van der Waals surface area contributed by atoms with Crippen molar-refractivity contribution in [3.8, 4) is 5.75 Å². The first-order valence-electron chi connectivity index (χ1n) is 7.39. The topological polar surface area (TPSA) is 21.7 Å². The number of piperidine rings is 1. The summed E-state index contributed by atoms with van der Waals surface area (Å²) in [5.74, 6) is 0.0114. The SMILES string of the molecule is CCCOC1CCCN(Cc2ccc(F)c(OC)c2)C1. The van der Waals surface area contributed by atoms with Gasteiger partial charge in [-0.2, -0.15) is 0 Å². The van der Waals surface area contributed by atoms with E-state index in [0.29, 0.717) is 11.9 Å². The zero-order chi connectivity index (χ0) is 14.4. The first-order valence-corrected chi connectivity index (χ1v) is 7.39. The second-order valence-electron chi connectivity index (χ2n) is 5.34. The molecule has 1 heterocycles. The van der Waals surface area contributed by atoms with Gasteiger partial charge >= 0.3 is 0 Å². The zero-order valence-corrected chi connectivity index (χ0v) is 12.4. The molecule has 20 heavy (non-hydrogen) atoms. The maximum atomic E-state index is 13.4. The third-order valence-electron chi connectivity index (χ3n) is 3.64. The lowest BCUT2D eigenvalue weighted by atomic mass is 10.1. The summed E-state index contributed by atoms with van der Waals surface area (Å²) in [4.78, 5) is 2.37. The maximum Gasteiger partial charge on any atom is 0.165 e. The summed E-state index contributed by atoms with van der Waals surface area (Å²) in [6, 6.07) is 5.09. The van der Waals surface area contributed by atoms with Crippen molar-refractivity contribution in [2.24, 2.45) is 0 Å². The van der Waals surface area contributed by atoms with Gasteiger partial charge in [0.1, 0.15) is 0 Å². The molecule has 0 aliphatic carbocycles. The molecule has 0 radical (unpaired) electrons. The van der Waals surface area contributed by atoms with E-state index >= 15 is 0 Å². The predicted molar refractivity (Wildman–Crippen MR) is 77.5 cm³/mol. The lowest BCUT2D eigenvalue weighted by molar-refractivity contribution is -0.00224. The summed E-state index contributed by atoms with van der Waals surface area (Å²) in [5.41, 5.74) is 1.08. The van der Waals surface area contributed by atoms with Gasteiger partial charge in [0.2, 0.25) is 0 Å². The molecule has 112 valence electrons. The van der Waals surface area contributed by atoms with Gasteiger partial charge in [-0.25, -0.2) is 4.39 Å². The summed E-state index contributed by atoms with van der Waals surface area (Å²) in [6.07, 6.45) is 3.70. The third-order valence-corrected chi connectivity index (χ3v) is 3.64. The van der Waals surface area contributed by atoms with E-state index in [1.54, 1.807) is 6.07 Å². The van der Waals surface area contributed by atoms with Crippen LogP contribution in [0.3, 0.4) is 0 Å². The van der Waals surface area contributed by atoms with Crippen LogP contribution in [0.1, 0.15) is 31.7 Å². The van der Waals surface area contributed by atoms with Crippen LogP contribution in [0.25, 0.3) is 0 Å². The minimum atomic E-state index is -0.306. The molecule has 1 aromatic carbocycles. The first-order chi connectivity index (χ1) is 9.72. The van der Waals surface area contributed by atoms with Crippen LogP contribution in [0.4, 0.5) is 4.39 Å². The van der Waals surface area contributed by atoms with E-state index in [-0.39, 0.29) is 5.82 Å². The van der Waals surface area contributed by atoms with Crippen LogP contribution in [-0.4, -0.2) is 37.8 Å². The summed E-state index contributed by atoms with van der Waals surface area (Å²) in [5, 5.41) is 0. The van der Waals surface area contributed by atoms with E-state index in [0.717, 1.165) is 51.1 Å². The number of hydrogen-bond acceptors (Lipinski definition) is 3. The average Bonchev–Trinajstić information content (AvgIpc) is 2.47. The van der Waals surface area contributed by atoms with E-state index in [4.69, 9.17) is 9.47 Å². The molecule has 0 aromatic heterocycles. The van der Waals surface area contributed by atoms with Crippen LogP contribution in [0.15, 0.2) is 18.2 Å². The van der Waals surface area contributed by atoms with Crippen LogP contribution < -0.4 is 4.74 Å². The molecule has 1 aliphatic heterocycles. The molecule has 1 fully saturated rings. The number of likely N-dealkylation sites (tertiary alicyclic amines) is 1. The number of methoxy groups -OCH3 is 1. The van der Waals surface area contributed by atoms with Gasteiger partial charge in [-0.15, -0.1) is 0 Å². The zero-order valence-electron chi connectivity index (χ0n) is 12.4. The fourth-order valence-corrected chi connectivity index (χ4v) is 2.64. The third kappa shape index (κ3) is 4.18. The van der Waals surface area contributed by atoms with E-state index in [1.165, 1.54) is 13.2 Å². The summed E-state index contributed by atoms with van der Waals surface area (Å²) >= 11 is 0. The van der Waals surface area contributed by atoms with Crippen LogP contribution in [0, 0.1) is 5.82 Å². The van der Waals surface area contributed by atoms with Gasteiger partial charge in [0.15, 0.2) is 11.6 Å². The number of hydrogen-bond donors (Lipinski definition) is 0. The number of rotatable bonds is 6. The van der Waals surface area contributed by atoms with Crippen LogP contribution >= 0.6 is 0 Å². The standard InChI is InChI=1S/C16H24FNO2/c1-3-9-20-14-5-4-8-18(12-14)11-13-6-7-15(17)16(10-13)19-2/h6-7,10,14H,3-5,8-9,11-12H2,1-2H3. The van der Waals surface area contributed by atoms with Gasteiger partial charge in [-0.1, -0.05) is 13.0 Å². The Hall–Kier alpha value is -1.13. The molecular weight excluding hydrogens is 257 g/mol. The predicted octanol–water partition coefficient (Wildman–Crippen LogP) is 3.23. The van der Waals surface area contributed by atoms with Gasteiger partial charge in [-0.05, 0) is 43.5 Å². The quantitative estimate of drug-likeness (QED) is 0.799. The number of ether oxygens (including phenoxy) is 2.